The second-order valence-electron chi connectivity index (χ2n) is 7.54. The predicted molar refractivity (Wildman–Crippen MR) is 121 cm³/mol. The van der Waals surface area contributed by atoms with E-state index in [9.17, 15) is 14.9 Å². The van der Waals surface area contributed by atoms with Crippen LogP contribution in [0, 0.1) is 11.3 Å². The first-order valence-electron chi connectivity index (χ1n) is 9.99. The van der Waals surface area contributed by atoms with Gasteiger partial charge in [-0.25, -0.2) is 0 Å². The summed E-state index contributed by atoms with van der Waals surface area (Å²) in [5.41, 5.74) is 2.02. The number of halogens is 1. The van der Waals surface area contributed by atoms with Crippen molar-refractivity contribution in [3.05, 3.63) is 81.1 Å². The number of H-pyrrole nitrogens is 1. The van der Waals surface area contributed by atoms with Crippen LogP contribution >= 0.6 is 11.6 Å². The lowest BCUT2D eigenvalue weighted by Crippen LogP contribution is -2.47. The van der Waals surface area contributed by atoms with E-state index in [1.807, 2.05) is 37.4 Å². The molecular weight excluding hydrogens is 412 g/mol. The number of carbonyl (C=O) groups excluding carboxylic acids is 1. The summed E-state index contributed by atoms with van der Waals surface area (Å²) >= 11 is 6.43. The third-order valence-electron chi connectivity index (χ3n) is 5.53. The van der Waals surface area contributed by atoms with E-state index in [0.29, 0.717) is 45.9 Å². The number of pyridine rings is 1. The van der Waals surface area contributed by atoms with Crippen LogP contribution in [-0.4, -0.2) is 53.9 Å². The van der Waals surface area contributed by atoms with Crippen LogP contribution in [0.1, 0.15) is 15.9 Å². The maximum atomic E-state index is 13.6. The van der Waals surface area contributed by atoms with Crippen molar-refractivity contribution < 1.29 is 4.79 Å². The molecule has 31 heavy (non-hydrogen) atoms. The first kappa shape index (κ1) is 20.9. The predicted octanol–water partition coefficient (Wildman–Crippen LogP) is 3.62. The third kappa shape index (κ3) is 4.11. The molecule has 7 heteroatoms. The zero-order valence-electron chi connectivity index (χ0n) is 17.1. The Kier molecular flexibility index (Phi) is 5.90. The van der Waals surface area contributed by atoms with E-state index in [0.717, 1.165) is 13.1 Å². The number of benzene rings is 2. The molecule has 6 nitrogen and oxygen atoms in total. The van der Waals surface area contributed by atoms with Crippen LogP contribution in [0.25, 0.3) is 22.4 Å². The first-order valence-corrected chi connectivity index (χ1v) is 10.4. The Bertz CT molecular complexity index is 1220. The fraction of sp³-hybridized carbons (Fsp3) is 0.208. The van der Waals surface area contributed by atoms with Gasteiger partial charge in [-0.2, -0.15) is 5.26 Å². The van der Waals surface area contributed by atoms with Crippen molar-refractivity contribution in [3.63, 3.8) is 0 Å². The first-order chi connectivity index (χ1) is 15.0. The lowest BCUT2D eigenvalue weighted by Gasteiger charge is -2.33. The average Bonchev–Trinajstić information content (AvgIpc) is 2.79. The maximum absolute atomic E-state index is 13.6. The number of carbonyl (C=O) groups is 1. The molecule has 0 atom stereocenters. The highest BCUT2D eigenvalue weighted by molar-refractivity contribution is 6.33. The largest absolute Gasteiger partial charge is 0.336 e. The molecule has 1 N–H and O–H groups in total. The van der Waals surface area contributed by atoms with Crippen LogP contribution in [0.15, 0.2) is 59.4 Å². The van der Waals surface area contributed by atoms with Crippen molar-refractivity contribution in [1.29, 1.82) is 5.26 Å². The van der Waals surface area contributed by atoms with Gasteiger partial charge >= 0.3 is 0 Å². The highest BCUT2D eigenvalue weighted by Gasteiger charge is 2.26. The molecule has 1 fully saturated rings. The normalized spacial score (nSPS) is 14.3. The van der Waals surface area contributed by atoms with E-state index in [1.165, 1.54) is 0 Å². The van der Waals surface area contributed by atoms with Gasteiger partial charge in [0.05, 0.1) is 27.9 Å². The molecule has 0 spiro atoms. The Labute approximate surface area is 185 Å². The number of amides is 1. The summed E-state index contributed by atoms with van der Waals surface area (Å²) < 4.78 is 0. The average molecular weight is 433 g/mol. The second kappa shape index (κ2) is 8.76. The maximum Gasteiger partial charge on any atom is 0.256 e. The lowest BCUT2D eigenvalue weighted by atomic mass is 9.96. The summed E-state index contributed by atoms with van der Waals surface area (Å²) in [6, 6.07) is 17.9. The highest BCUT2D eigenvalue weighted by Crippen LogP contribution is 2.33. The molecule has 1 amide bonds. The molecule has 1 saturated heterocycles. The van der Waals surface area contributed by atoms with E-state index in [-0.39, 0.29) is 17.2 Å². The molecule has 0 unspecified atom stereocenters. The summed E-state index contributed by atoms with van der Waals surface area (Å²) in [4.78, 5) is 33.4. The number of rotatable bonds is 3. The molecule has 1 aliphatic heterocycles. The number of aromatic amines is 1. The molecule has 4 rings (SSSR count). The monoisotopic (exact) mass is 432 g/mol. The number of nitrogens with zero attached hydrogens (tertiary/aromatic N) is 3. The number of hydrogen-bond acceptors (Lipinski definition) is 4. The van der Waals surface area contributed by atoms with Crippen LogP contribution in [0.3, 0.4) is 0 Å². The summed E-state index contributed by atoms with van der Waals surface area (Å²) in [6.45, 7) is 2.71. The highest BCUT2D eigenvalue weighted by atomic mass is 35.5. The Balaban J connectivity index is 1.93. The van der Waals surface area contributed by atoms with Crippen LogP contribution in [-0.2, 0) is 0 Å². The molecule has 2 aromatic carbocycles. The zero-order valence-corrected chi connectivity index (χ0v) is 17.8. The van der Waals surface area contributed by atoms with Crippen molar-refractivity contribution in [2.24, 2.45) is 0 Å². The van der Waals surface area contributed by atoms with Crippen molar-refractivity contribution in [2.75, 3.05) is 33.2 Å². The van der Waals surface area contributed by atoms with Crippen molar-refractivity contribution >= 4 is 17.5 Å². The van der Waals surface area contributed by atoms with E-state index in [2.05, 4.69) is 16.0 Å². The van der Waals surface area contributed by atoms with Gasteiger partial charge in [0, 0.05) is 37.3 Å². The van der Waals surface area contributed by atoms with Gasteiger partial charge in [0.1, 0.15) is 0 Å². The van der Waals surface area contributed by atoms with E-state index in [4.69, 9.17) is 11.6 Å². The van der Waals surface area contributed by atoms with Crippen molar-refractivity contribution in [1.82, 2.24) is 14.8 Å². The Morgan fingerprint density at radius 2 is 1.77 bits per heavy atom. The smallest absolute Gasteiger partial charge is 0.256 e. The number of nitriles is 1. The van der Waals surface area contributed by atoms with Gasteiger partial charge in [0.15, 0.2) is 0 Å². The molecular formula is C24H21ClN4O2. The van der Waals surface area contributed by atoms with Gasteiger partial charge in [-0.1, -0.05) is 48.0 Å². The molecule has 0 radical (unpaired) electrons. The van der Waals surface area contributed by atoms with Crippen molar-refractivity contribution in [2.45, 2.75) is 0 Å². The number of likely N-dealkylation sites (N-methyl/N-ethyl adjacent to an activating group) is 1. The van der Waals surface area contributed by atoms with Gasteiger partial charge in [-0.3, -0.25) is 9.59 Å². The Morgan fingerprint density at radius 3 is 2.45 bits per heavy atom. The van der Waals surface area contributed by atoms with Gasteiger partial charge in [0.2, 0.25) is 0 Å². The minimum Gasteiger partial charge on any atom is -0.336 e. The van der Waals surface area contributed by atoms with Gasteiger partial charge in [-0.05, 0) is 30.8 Å². The second-order valence-corrected chi connectivity index (χ2v) is 7.94. The van der Waals surface area contributed by atoms with Gasteiger partial charge in [0.25, 0.3) is 11.5 Å². The molecule has 1 aliphatic rings. The molecule has 1 aromatic heterocycles. The lowest BCUT2D eigenvalue weighted by molar-refractivity contribution is 0.0664. The van der Waals surface area contributed by atoms with Crippen molar-refractivity contribution in [3.8, 4) is 28.5 Å². The Hall–Kier alpha value is -3.40. The standard InChI is InChI=1S/C24H21ClN4O2/c1-28-10-12-29(13-11-28)24(31)19-14-18(16-6-3-2-4-7-16)23(30)27-22(19)21-17(15-26)8-5-9-20(21)25/h2-9,14H,10-13H2,1H3,(H,27,30). The fourth-order valence-electron chi connectivity index (χ4n) is 3.78. The van der Waals surface area contributed by atoms with E-state index < -0.39 is 0 Å². The minimum atomic E-state index is -0.347. The number of hydrogen-bond donors (Lipinski definition) is 1. The van der Waals surface area contributed by atoms with Gasteiger partial charge < -0.3 is 14.8 Å². The van der Waals surface area contributed by atoms with Crippen LogP contribution in [0.2, 0.25) is 5.02 Å². The Morgan fingerprint density at radius 1 is 1.06 bits per heavy atom. The summed E-state index contributed by atoms with van der Waals surface area (Å²) in [6.07, 6.45) is 0. The quantitative estimate of drug-likeness (QED) is 0.685. The zero-order chi connectivity index (χ0) is 22.0. The molecule has 0 bridgehead atoms. The van der Waals surface area contributed by atoms with E-state index in [1.54, 1.807) is 29.2 Å². The topological polar surface area (TPSA) is 80.2 Å². The molecule has 0 aliphatic carbocycles. The minimum absolute atomic E-state index is 0.194. The SMILES string of the molecule is CN1CCN(C(=O)c2cc(-c3ccccc3)c(=O)[nH]c2-c2c(Cl)cccc2C#N)CC1. The van der Waals surface area contributed by atoms with Gasteiger partial charge in [-0.15, -0.1) is 0 Å². The fourth-order valence-corrected chi connectivity index (χ4v) is 4.05. The summed E-state index contributed by atoms with van der Waals surface area (Å²) in [7, 11) is 2.02. The van der Waals surface area contributed by atoms with Crippen LogP contribution in [0.4, 0.5) is 0 Å². The number of nitrogens with one attached hydrogen (secondary N) is 1. The molecule has 2 heterocycles. The number of aromatic nitrogens is 1. The summed E-state index contributed by atoms with van der Waals surface area (Å²) in [5, 5.41) is 9.91. The van der Waals surface area contributed by atoms with Crippen LogP contribution < -0.4 is 5.56 Å². The third-order valence-corrected chi connectivity index (χ3v) is 5.85. The molecule has 3 aromatic rings. The molecule has 0 saturated carbocycles. The van der Waals surface area contributed by atoms with Crippen LogP contribution in [0.5, 0.6) is 0 Å². The molecule has 156 valence electrons. The number of piperazine rings is 1. The van der Waals surface area contributed by atoms with E-state index >= 15 is 0 Å². The summed E-state index contributed by atoms with van der Waals surface area (Å²) in [5.74, 6) is -0.194.